The first-order valence-electron chi connectivity index (χ1n) is 3.90. The number of rotatable bonds is 1. The minimum absolute atomic E-state index is 0.297. The topological polar surface area (TPSA) is 51.8 Å². The Morgan fingerprint density at radius 1 is 1.00 bits per heavy atom. The standard InChI is InChI=1S/C10H8N3/c11-10-12-6-9(7-13-10)8-4-2-1-3-5-8/h2-7H,(H2,11,12,13). The quantitative estimate of drug-likeness (QED) is 0.706. The number of hydrogen-bond acceptors (Lipinski definition) is 3. The molecule has 1 heterocycles. The summed E-state index contributed by atoms with van der Waals surface area (Å²) < 4.78 is 0. The summed E-state index contributed by atoms with van der Waals surface area (Å²) in [5.41, 5.74) is 7.41. The molecule has 1 aromatic heterocycles. The summed E-state index contributed by atoms with van der Waals surface area (Å²) >= 11 is 0. The van der Waals surface area contributed by atoms with Gasteiger partial charge in [-0.2, -0.15) is 0 Å². The van der Waals surface area contributed by atoms with E-state index in [0.29, 0.717) is 5.95 Å². The number of aromatic nitrogens is 2. The van der Waals surface area contributed by atoms with Crippen molar-refractivity contribution in [2.24, 2.45) is 0 Å². The van der Waals surface area contributed by atoms with E-state index >= 15 is 0 Å². The molecule has 2 aromatic rings. The van der Waals surface area contributed by atoms with E-state index in [0.717, 1.165) is 11.1 Å². The molecule has 3 nitrogen and oxygen atoms in total. The average molecular weight is 170 g/mol. The fourth-order valence-corrected chi connectivity index (χ4v) is 1.07. The minimum Gasteiger partial charge on any atom is -0.368 e. The second kappa shape index (κ2) is 3.23. The van der Waals surface area contributed by atoms with Gasteiger partial charge in [-0.1, -0.05) is 24.3 Å². The second-order valence-corrected chi connectivity index (χ2v) is 2.62. The molecule has 0 fully saturated rings. The van der Waals surface area contributed by atoms with Gasteiger partial charge in [0.1, 0.15) is 0 Å². The minimum atomic E-state index is 0.297. The van der Waals surface area contributed by atoms with Gasteiger partial charge in [0.2, 0.25) is 5.95 Å². The van der Waals surface area contributed by atoms with Gasteiger partial charge in [0, 0.05) is 18.0 Å². The van der Waals surface area contributed by atoms with Crippen molar-refractivity contribution < 1.29 is 0 Å². The summed E-state index contributed by atoms with van der Waals surface area (Å²) in [7, 11) is 0. The zero-order valence-electron chi connectivity index (χ0n) is 6.94. The van der Waals surface area contributed by atoms with Crippen LogP contribution in [0.4, 0.5) is 5.95 Å². The Balaban J connectivity index is 2.42. The highest BCUT2D eigenvalue weighted by atomic mass is 15.0. The van der Waals surface area contributed by atoms with E-state index in [9.17, 15) is 0 Å². The van der Waals surface area contributed by atoms with Gasteiger partial charge in [-0.25, -0.2) is 9.97 Å². The Hall–Kier alpha value is -1.90. The molecule has 13 heavy (non-hydrogen) atoms. The highest BCUT2D eigenvalue weighted by Crippen LogP contribution is 2.16. The Labute approximate surface area is 76.3 Å². The molecular formula is C10H8N3. The van der Waals surface area contributed by atoms with Gasteiger partial charge >= 0.3 is 0 Å². The first kappa shape index (κ1) is 7.73. The summed E-state index contributed by atoms with van der Waals surface area (Å²) in [5, 5.41) is 0. The molecule has 0 unspecified atom stereocenters. The number of nitrogen functional groups attached to an aromatic ring is 1. The maximum absolute atomic E-state index is 5.38. The monoisotopic (exact) mass is 170 g/mol. The smallest absolute Gasteiger partial charge is 0.219 e. The van der Waals surface area contributed by atoms with E-state index in [4.69, 9.17) is 5.73 Å². The molecule has 1 radical (unpaired) electrons. The van der Waals surface area contributed by atoms with E-state index in [-0.39, 0.29) is 0 Å². The SMILES string of the molecule is Nc1ncc(-c2cc[c]cc2)cn1. The molecule has 0 saturated carbocycles. The molecule has 0 aliphatic heterocycles. The number of nitrogens with two attached hydrogens (primary N) is 1. The fraction of sp³-hybridized carbons (Fsp3) is 0. The van der Waals surface area contributed by atoms with Gasteiger partial charge < -0.3 is 5.73 Å². The van der Waals surface area contributed by atoms with Crippen LogP contribution in [0.25, 0.3) is 11.1 Å². The zero-order chi connectivity index (χ0) is 9.10. The number of benzene rings is 1. The Kier molecular flexibility index (Phi) is 1.92. The lowest BCUT2D eigenvalue weighted by Crippen LogP contribution is -1.93. The Morgan fingerprint density at radius 3 is 2.23 bits per heavy atom. The molecule has 2 rings (SSSR count). The number of nitrogens with zero attached hydrogens (tertiary/aromatic N) is 2. The normalized spacial score (nSPS) is 9.85. The van der Waals surface area contributed by atoms with Crippen LogP contribution in [0.2, 0.25) is 0 Å². The van der Waals surface area contributed by atoms with Crippen LogP contribution in [0.5, 0.6) is 0 Å². The lowest BCUT2D eigenvalue weighted by molar-refractivity contribution is 1.19. The lowest BCUT2D eigenvalue weighted by Gasteiger charge is -1.98. The zero-order valence-corrected chi connectivity index (χ0v) is 6.94. The van der Waals surface area contributed by atoms with Crippen LogP contribution < -0.4 is 5.73 Å². The van der Waals surface area contributed by atoms with Gasteiger partial charge in [-0.3, -0.25) is 0 Å². The van der Waals surface area contributed by atoms with Crippen molar-refractivity contribution in [2.45, 2.75) is 0 Å². The van der Waals surface area contributed by atoms with E-state index in [2.05, 4.69) is 16.0 Å². The predicted molar refractivity (Wildman–Crippen MR) is 50.7 cm³/mol. The van der Waals surface area contributed by atoms with Gasteiger partial charge in [0.25, 0.3) is 0 Å². The van der Waals surface area contributed by atoms with Crippen molar-refractivity contribution in [3.63, 3.8) is 0 Å². The lowest BCUT2D eigenvalue weighted by atomic mass is 10.1. The van der Waals surface area contributed by atoms with Crippen molar-refractivity contribution in [3.8, 4) is 11.1 Å². The van der Waals surface area contributed by atoms with E-state index in [1.54, 1.807) is 12.4 Å². The average Bonchev–Trinajstić information content (AvgIpc) is 2.20. The fourth-order valence-electron chi connectivity index (χ4n) is 1.07. The molecule has 0 aliphatic rings. The van der Waals surface area contributed by atoms with Crippen LogP contribution in [0.3, 0.4) is 0 Å². The third kappa shape index (κ3) is 1.64. The van der Waals surface area contributed by atoms with Crippen molar-refractivity contribution in [2.75, 3.05) is 5.73 Å². The molecule has 63 valence electrons. The first-order chi connectivity index (χ1) is 6.36. The molecule has 3 heteroatoms. The molecule has 0 atom stereocenters. The highest BCUT2D eigenvalue weighted by molar-refractivity contribution is 5.61. The van der Waals surface area contributed by atoms with Crippen molar-refractivity contribution in [3.05, 3.63) is 42.7 Å². The van der Waals surface area contributed by atoms with Crippen LogP contribution >= 0.6 is 0 Å². The van der Waals surface area contributed by atoms with E-state index < -0.39 is 0 Å². The maximum atomic E-state index is 5.38. The molecule has 2 N–H and O–H groups in total. The van der Waals surface area contributed by atoms with Gasteiger partial charge in [0.15, 0.2) is 0 Å². The summed E-state index contributed by atoms with van der Waals surface area (Å²) in [5.74, 6) is 0.297. The number of hydrogen-bond donors (Lipinski definition) is 1. The molecule has 1 aromatic carbocycles. The molecule has 0 amide bonds. The molecule has 0 bridgehead atoms. The van der Waals surface area contributed by atoms with Gasteiger partial charge in [-0.05, 0) is 11.6 Å². The third-order valence-corrected chi connectivity index (χ3v) is 1.72. The van der Waals surface area contributed by atoms with Crippen LogP contribution in [0.15, 0.2) is 36.7 Å². The summed E-state index contributed by atoms with van der Waals surface area (Å²) in [6.45, 7) is 0. The van der Waals surface area contributed by atoms with Crippen molar-refractivity contribution >= 4 is 5.95 Å². The van der Waals surface area contributed by atoms with Gasteiger partial charge in [0.05, 0.1) is 0 Å². The van der Waals surface area contributed by atoms with E-state index in [1.807, 2.05) is 24.3 Å². The van der Waals surface area contributed by atoms with Crippen LogP contribution in [0, 0.1) is 6.07 Å². The molecule has 0 saturated heterocycles. The Bertz CT molecular complexity index is 381. The van der Waals surface area contributed by atoms with E-state index in [1.165, 1.54) is 0 Å². The summed E-state index contributed by atoms with van der Waals surface area (Å²) in [6.07, 6.45) is 3.41. The second-order valence-electron chi connectivity index (χ2n) is 2.62. The van der Waals surface area contributed by atoms with Gasteiger partial charge in [-0.15, -0.1) is 0 Å². The van der Waals surface area contributed by atoms with Crippen molar-refractivity contribution in [1.29, 1.82) is 0 Å². The third-order valence-electron chi connectivity index (χ3n) is 1.72. The molecule has 0 aliphatic carbocycles. The summed E-state index contributed by atoms with van der Waals surface area (Å²) in [4.78, 5) is 7.82. The van der Waals surface area contributed by atoms with Crippen molar-refractivity contribution in [1.82, 2.24) is 9.97 Å². The predicted octanol–water partition coefficient (Wildman–Crippen LogP) is 1.53. The van der Waals surface area contributed by atoms with Crippen LogP contribution in [-0.2, 0) is 0 Å². The van der Waals surface area contributed by atoms with Crippen LogP contribution in [0.1, 0.15) is 0 Å². The summed E-state index contributed by atoms with van der Waals surface area (Å²) in [6, 6.07) is 10.6. The van der Waals surface area contributed by atoms with Crippen LogP contribution in [-0.4, -0.2) is 9.97 Å². The molecular weight excluding hydrogens is 162 g/mol. The Morgan fingerprint density at radius 2 is 1.62 bits per heavy atom. The largest absolute Gasteiger partial charge is 0.368 e. The molecule has 0 spiro atoms. The maximum Gasteiger partial charge on any atom is 0.219 e. The number of anilines is 1. The first-order valence-corrected chi connectivity index (χ1v) is 3.90. The highest BCUT2D eigenvalue weighted by Gasteiger charge is 1.96.